The predicted molar refractivity (Wildman–Crippen MR) is 130 cm³/mol. The summed E-state index contributed by atoms with van der Waals surface area (Å²) in [5, 5.41) is 3.02. The number of alkyl halides is 6. The summed E-state index contributed by atoms with van der Waals surface area (Å²) in [5.41, 5.74) is -2.61. The highest BCUT2D eigenvalue weighted by Gasteiger charge is 2.37. The van der Waals surface area contributed by atoms with Crippen molar-refractivity contribution in [2.45, 2.75) is 19.3 Å². The second-order valence-corrected chi connectivity index (χ2v) is 8.35. The molecule has 0 spiro atoms. The van der Waals surface area contributed by atoms with E-state index in [1.54, 1.807) is 25.1 Å². The van der Waals surface area contributed by atoms with Gasteiger partial charge in [-0.2, -0.15) is 26.3 Å². The fourth-order valence-corrected chi connectivity index (χ4v) is 3.70. The molecule has 0 saturated heterocycles. The number of aromatic nitrogens is 1. The molecule has 0 radical (unpaired) electrons. The van der Waals surface area contributed by atoms with Gasteiger partial charge in [0.15, 0.2) is 11.5 Å². The molecule has 1 aromatic heterocycles. The SMILES string of the molecule is COc1cc2cc(Oc3ccc(NC(=O)c4cc(C(F)(F)F)cc(C(F)(F)F)c4)cc3)c(C)nc2cc1OC. The molecule has 1 heterocycles. The minimum Gasteiger partial charge on any atom is -0.493 e. The van der Waals surface area contributed by atoms with Crippen molar-refractivity contribution in [1.29, 1.82) is 0 Å². The zero-order chi connectivity index (χ0) is 28.5. The van der Waals surface area contributed by atoms with Gasteiger partial charge in [0.2, 0.25) is 0 Å². The molecule has 39 heavy (non-hydrogen) atoms. The number of nitrogens with one attached hydrogen (secondary N) is 1. The van der Waals surface area contributed by atoms with Crippen molar-refractivity contribution in [3.8, 4) is 23.0 Å². The average molecular weight is 550 g/mol. The van der Waals surface area contributed by atoms with Crippen molar-refractivity contribution in [3.63, 3.8) is 0 Å². The number of carbonyl (C=O) groups is 1. The number of methoxy groups -OCH3 is 2. The third-order valence-corrected chi connectivity index (χ3v) is 5.65. The molecule has 0 unspecified atom stereocenters. The van der Waals surface area contributed by atoms with Crippen molar-refractivity contribution in [3.05, 3.63) is 83.0 Å². The highest BCUT2D eigenvalue weighted by molar-refractivity contribution is 6.04. The van der Waals surface area contributed by atoms with E-state index < -0.39 is 35.0 Å². The molecule has 1 amide bonds. The van der Waals surface area contributed by atoms with Gasteiger partial charge in [-0.15, -0.1) is 0 Å². The molecular formula is C27H20F6N2O4. The van der Waals surface area contributed by atoms with E-state index >= 15 is 0 Å². The van der Waals surface area contributed by atoms with Crippen molar-refractivity contribution >= 4 is 22.5 Å². The first-order valence-electron chi connectivity index (χ1n) is 11.2. The number of ether oxygens (including phenoxy) is 3. The first-order chi connectivity index (χ1) is 18.3. The largest absolute Gasteiger partial charge is 0.493 e. The molecule has 0 aliphatic rings. The summed E-state index contributed by atoms with van der Waals surface area (Å²) in [6.45, 7) is 1.74. The van der Waals surface area contributed by atoms with Crippen molar-refractivity contribution in [2.75, 3.05) is 19.5 Å². The summed E-state index contributed by atoms with van der Waals surface area (Å²) in [6, 6.07) is 11.6. The van der Waals surface area contributed by atoms with Gasteiger partial charge < -0.3 is 19.5 Å². The van der Waals surface area contributed by atoms with Crippen LogP contribution in [0, 0.1) is 6.92 Å². The maximum absolute atomic E-state index is 13.1. The molecule has 6 nitrogen and oxygen atoms in total. The molecule has 12 heteroatoms. The molecule has 0 bridgehead atoms. The zero-order valence-corrected chi connectivity index (χ0v) is 20.6. The highest BCUT2D eigenvalue weighted by Crippen LogP contribution is 2.37. The van der Waals surface area contributed by atoms with Gasteiger partial charge in [0, 0.05) is 22.7 Å². The summed E-state index contributed by atoms with van der Waals surface area (Å²) in [6.07, 6.45) is -10.1. The van der Waals surface area contributed by atoms with Gasteiger partial charge in [0.05, 0.1) is 36.6 Å². The Morgan fingerprint density at radius 1 is 0.769 bits per heavy atom. The van der Waals surface area contributed by atoms with E-state index in [0.717, 1.165) is 5.39 Å². The maximum atomic E-state index is 13.1. The number of anilines is 1. The molecule has 1 N–H and O–H groups in total. The minimum atomic E-state index is -5.07. The zero-order valence-electron chi connectivity index (χ0n) is 20.6. The lowest BCUT2D eigenvalue weighted by Gasteiger charge is -2.14. The van der Waals surface area contributed by atoms with E-state index in [0.29, 0.717) is 46.3 Å². The Hall–Kier alpha value is -4.48. The number of carbonyl (C=O) groups excluding carboxylic acids is 1. The summed E-state index contributed by atoms with van der Waals surface area (Å²) >= 11 is 0. The monoisotopic (exact) mass is 550 g/mol. The van der Waals surface area contributed by atoms with Crippen LogP contribution in [-0.4, -0.2) is 25.1 Å². The van der Waals surface area contributed by atoms with Gasteiger partial charge in [-0.05, 0) is 61.5 Å². The number of nitrogens with zero attached hydrogens (tertiary/aromatic N) is 1. The molecule has 3 aromatic carbocycles. The van der Waals surface area contributed by atoms with E-state index in [1.807, 2.05) is 0 Å². The summed E-state index contributed by atoms with van der Waals surface area (Å²) in [5.74, 6) is 0.651. The van der Waals surface area contributed by atoms with Crippen LogP contribution in [0.25, 0.3) is 10.9 Å². The number of hydrogen-bond acceptors (Lipinski definition) is 5. The lowest BCUT2D eigenvalue weighted by atomic mass is 10.0. The number of halogens is 6. The Morgan fingerprint density at radius 3 is 1.85 bits per heavy atom. The van der Waals surface area contributed by atoms with Crippen LogP contribution >= 0.6 is 0 Å². The number of rotatable bonds is 6. The van der Waals surface area contributed by atoms with Crippen LogP contribution < -0.4 is 19.5 Å². The predicted octanol–water partition coefficient (Wildman–Crippen LogP) is 7.64. The van der Waals surface area contributed by atoms with E-state index in [9.17, 15) is 31.1 Å². The standard InChI is InChI=1S/C27H20F6N2O4/c1-14-22(10-15-11-23(37-2)24(38-3)13-21(15)34-14)39-20-6-4-19(5-7-20)35-25(36)16-8-17(26(28,29)30)12-18(9-16)27(31,32)33/h4-13H,1-3H3,(H,35,36). The second-order valence-electron chi connectivity index (χ2n) is 8.35. The van der Waals surface area contributed by atoms with Gasteiger partial charge >= 0.3 is 12.4 Å². The van der Waals surface area contributed by atoms with Crippen LogP contribution in [0.3, 0.4) is 0 Å². The Labute approximate surface area is 218 Å². The fraction of sp³-hybridized carbons (Fsp3) is 0.185. The summed E-state index contributed by atoms with van der Waals surface area (Å²) in [4.78, 5) is 17.0. The number of amides is 1. The molecule has 4 aromatic rings. The van der Waals surface area contributed by atoms with Gasteiger partial charge in [0.25, 0.3) is 5.91 Å². The van der Waals surface area contributed by atoms with Crippen LogP contribution in [0.5, 0.6) is 23.0 Å². The number of benzene rings is 3. The number of pyridine rings is 1. The van der Waals surface area contributed by atoms with Crippen LogP contribution in [0.4, 0.5) is 32.0 Å². The van der Waals surface area contributed by atoms with Gasteiger partial charge in [-0.25, -0.2) is 4.98 Å². The quantitative estimate of drug-likeness (QED) is 0.250. The van der Waals surface area contributed by atoms with Gasteiger partial charge in [0.1, 0.15) is 11.5 Å². The number of aryl methyl sites for hydroxylation is 1. The molecule has 0 aliphatic carbocycles. The first kappa shape index (κ1) is 27.6. The van der Waals surface area contributed by atoms with Gasteiger partial charge in [-0.1, -0.05) is 0 Å². The topological polar surface area (TPSA) is 69.7 Å². The maximum Gasteiger partial charge on any atom is 0.416 e. The van der Waals surface area contributed by atoms with E-state index in [1.165, 1.54) is 38.5 Å². The molecule has 204 valence electrons. The molecule has 0 atom stereocenters. The molecule has 0 aliphatic heterocycles. The molecule has 4 rings (SSSR count). The number of fused-ring (bicyclic) bond motifs is 1. The lowest BCUT2D eigenvalue weighted by Crippen LogP contribution is -2.17. The second kappa shape index (κ2) is 10.4. The number of hydrogen-bond donors (Lipinski definition) is 1. The third-order valence-electron chi connectivity index (χ3n) is 5.65. The van der Waals surface area contributed by atoms with Crippen molar-refractivity contribution < 1.29 is 45.3 Å². The minimum absolute atomic E-state index is 0.0425. The highest BCUT2D eigenvalue weighted by atomic mass is 19.4. The van der Waals surface area contributed by atoms with E-state index in [4.69, 9.17) is 14.2 Å². The van der Waals surface area contributed by atoms with Crippen molar-refractivity contribution in [2.24, 2.45) is 0 Å². The Kier molecular flexibility index (Phi) is 7.31. The Balaban J connectivity index is 1.54. The molecule has 0 saturated carbocycles. The van der Waals surface area contributed by atoms with E-state index in [2.05, 4.69) is 10.3 Å². The normalized spacial score (nSPS) is 11.8. The molecule has 0 fully saturated rings. The average Bonchev–Trinajstić information content (AvgIpc) is 2.88. The third kappa shape index (κ3) is 6.16. The van der Waals surface area contributed by atoms with Crippen LogP contribution in [0.2, 0.25) is 0 Å². The molecular weight excluding hydrogens is 530 g/mol. The summed E-state index contributed by atoms with van der Waals surface area (Å²) in [7, 11) is 3.02. The van der Waals surface area contributed by atoms with E-state index in [-0.39, 0.29) is 11.8 Å². The first-order valence-corrected chi connectivity index (χ1v) is 11.2. The Morgan fingerprint density at radius 2 is 1.31 bits per heavy atom. The summed E-state index contributed by atoms with van der Waals surface area (Å²) < 4.78 is 95.2. The van der Waals surface area contributed by atoms with Crippen molar-refractivity contribution in [1.82, 2.24) is 4.98 Å². The van der Waals surface area contributed by atoms with Gasteiger partial charge in [-0.3, -0.25) is 4.79 Å². The Bertz CT molecular complexity index is 1500. The van der Waals surface area contributed by atoms with Crippen LogP contribution in [0.15, 0.2) is 60.7 Å². The smallest absolute Gasteiger partial charge is 0.416 e. The van der Waals surface area contributed by atoms with Crippen LogP contribution in [0.1, 0.15) is 27.2 Å². The van der Waals surface area contributed by atoms with Crippen LogP contribution in [-0.2, 0) is 12.4 Å². The lowest BCUT2D eigenvalue weighted by molar-refractivity contribution is -0.143. The fourth-order valence-electron chi connectivity index (χ4n) is 3.70.